The summed E-state index contributed by atoms with van der Waals surface area (Å²) in [5.41, 5.74) is 1.18. The van der Waals surface area contributed by atoms with Crippen molar-refractivity contribution in [2.24, 2.45) is 0 Å². The fraction of sp³-hybridized carbons (Fsp3) is 0.347. The van der Waals surface area contributed by atoms with E-state index < -0.39 is 49.1 Å². The maximum Gasteiger partial charge on any atom is 0.412 e. The lowest BCUT2D eigenvalue weighted by atomic mass is 9.77. The summed E-state index contributed by atoms with van der Waals surface area (Å²) in [6.45, 7) is 16.1. The first-order valence-electron chi connectivity index (χ1n) is 20.6. The fourth-order valence-electron chi connectivity index (χ4n) is 6.80. The van der Waals surface area contributed by atoms with Crippen molar-refractivity contribution < 1.29 is 23.5 Å². The van der Waals surface area contributed by atoms with Gasteiger partial charge in [0, 0.05) is 19.0 Å². The number of hydrogen-bond acceptors (Lipinski definition) is 6. The normalized spacial score (nSPS) is 13.1. The molecule has 0 radical (unpaired) electrons. The molecule has 3 amide bonds. The highest BCUT2D eigenvalue weighted by Gasteiger charge is 2.40. The van der Waals surface area contributed by atoms with Crippen LogP contribution < -0.4 is 21.5 Å². The molecule has 0 fully saturated rings. The quantitative estimate of drug-likeness (QED) is 0.0672. The topological polar surface area (TPSA) is 128 Å². The zero-order chi connectivity index (χ0) is 43.6. The van der Waals surface area contributed by atoms with Crippen LogP contribution in [0.15, 0.2) is 144 Å². The van der Waals surface area contributed by atoms with Crippen LogP contribution in [0.25, 0.3) is 0 Å². The van der Waals surface area contributed by atoms with E-state index in [4.69, 9.17) is 9.16 Å². The Kier molecular flexibility index (Phi) is 14.7. The van der Waals surface area contributed by atoms with Crippen LogP contribution in [-0.4, -0.2) is 49.0 Å². The van der Waals surface area contributed by atoms with Crippen molar-refractivity contribution in [2.45, 2.75) is 102 Å². The van der Waals surface area contributed by atoms with Crippen molar-refractivity contribution in [1.29, 1.82) is 0 Å². The van der Waals surface area contributed by atoms with Crippen molar-refractivity contribution in [3.8, 4) is 0 Å². The lowest BCUT2D eigenvalue weighted by Crippen LogP contribution is -2.50. The maximum absolute atomic E-state index is 14.7. The van der Waals surface area contributed by atoms with Gasteiger partial charge in [0.25, 0.3) is 5.56 Å². The summed E-state index contributed by atoms with van der Waals surface area (Å²) in [5.74, 6) is -0.636. The molecule has 11 heteroatoms. The number of ether oxygens (including phenoxy) is 1. The summed E-state index contributed by atoms with van der Waals surface area (Å²) >= 11 is 0. The third kappa shape index (κ3) is 11.7. The van der Waals surface area contributed by atoms with Gasteiger partial charge in [0.15, 0.2) is 8.32 Å². The van der Waals surface area contributed by atoms with Gasteiger partial charge in [0.05, 0.1) is 12.6 Å². The van der Waals surface area contributed by atoms with E-state index in [1.54, 1.807) is 33.0 Å². The molecule has 60 heavy (non-hydrogen) atoms. The molecule has 1 heterocycles. The van der Waals surface area contributed by atoms with E-state index in [0.29, 0.717) is 0 Å². The summed E-state index contributed by atoms with van der Waals surface area (Å²) < 4.78 is 13.4. The SMILES string of the molecule is CC(C)(C)OC(=O)Nc1cccn([C@@H](Cc2ccccc2)C(=O)N[C@@H](CCC(=O)NC(c2ccccc2)(c2ccccc2)c2ccccc2)CO[Si](C)(C)C(C)(C)C)c1=O. The van der Waals surface area contributed by atoms with Crippen LogP contribution in [0.2, 0.25) is 18.1 Å². The van der Waals surface area contributed by atoms with Crippen molar-refractivity contribution in [3.63, 3.8) is 0 Å². The lowest BCUT2D eigenvalue weighted by molar-refractivity contribution is -0.126. The highest BCUT2D eigenvalue weighted by Crippen LogP contribution is 2.38. The largest absolute Gasteiger partial charge is 0.444 e. The number of anilines is 1. The number of carbonyl (C=O) groups excluding carboxylic acids is 3. The number of amides is 3. The highest BCUT2D eigenvalue weighted by molar-refractivity contribution is 6.74. The molecular weight excluding hydrogens is 769 g/mol. The summed E-state index contributed by atoms with van der Waals surface area (Å²) in [6, 6.07) is 40.7. The number of nitrogens with zero attached hydrogens (tertiary/aromatic N) is 1. The Balaban J connectivity index is 1.47. The molecule has 4 aromatic carbocycles. The Morgan fingerprint density at radius 1 is 0.700 bits per heavy atom. The van der Waals surface area contributed by atoms with Crippen molar-refractivity contribution in [1.82, 2.24) is 15.2 Å². The molecule has 0 saturated carbocycles. The summed E-state index contributed by atoms with van der Waals surface area (Å²) in [6.07, 6.45) is 1.28. The van der Waals surface area contributed by atoms with Crippen molar-refractivity contribution >= 4 is 31.9 Å². The molecule has 1 aromatic heterocycles. The van der Waals surface area contributed by atoms with Gasteiger partial charge in [0.1, 0.15) is 22.9 Å². The Labute approximate surface area is 355 Å². The number of carbonyl (C=O) groups is 3. The summed E-state index contributed by atoms with van der Waals surface area (Å²) in [7, 11) is -2.31. The second kappa shape index (κ2) is 19.5. The standard InChI is InChI=1S/C49H60N4O6Si/c1-47(2,3)59-46(57)51-41-30-21-33-53(45(41)56)42(34-36-22-13-9-14-23-36)44(55)50-40(35-58-60(7,8)48(4,5)6)31-32-43(54)52-49(37-24-15-10-16-25-37,38-26-17-11-18-27-38)39-28-19-12-20-29-39/h9-30,33,40,42H,31-32,34-35H2,1-8H3,(H,50,55)(H,51,57)(H,52,54)/t40-,42-/m0/s1. The van der Waals surface area contributed by atoms with Gasteiger partial charge >= 0.3 is 6.09 Å². The zero-order valence-electron chi connectivity index (χ0n) is 36.2. The number of aromatic nitrogens is 1. The molecule has 5 aromatic rings. The number of benzene rings is 4. The van der Waals surface area contributed by atoms with E-state index in [0.717, 1.165) is 22.3 Å². The van der Waals surface area contributed by atoms with Gasteiger partial charge in [-0.2, -0.15) is 0 Å². The number of hydrogen-bond donors (Lipinski definition) is 3. The number of pyridine rings is 1. The molecule has 0 aliphatic carbocycles. The molecular formula is C49H60N4O6Si. The van der Waals surface area contributed by atoms with Gasteiger partial charge in [-0.05, 0) is 79.7 Å². The molecule has 0 saturated heterocycles. The third-order valence-corrected chi connectivity index (χ3v) is 15.5. The van der Waals surface area contributed by atoms with Crippen LogP contribution in [0.3, 0.4) is 0 Å². The molecule has 0 aliphatic heterocycles. The van der Waals surface area contributed by atoms with Crippen LogP contribution >= 0.6 is 0 Å². The average Bonchev–Trinajstić information content (AvgIpc) is 3.21. The molecule has 5 rings (SSSR count). The Morgan fingerprint density at radius 2 is 1.20 bits per heavy atom. The summed E-state index contributed by atoms with van der Waals surface area (Å²) in [5, 5.41) is 9.08. The minimum Gasteiger partial charge on any atom is -0.444 e. The van der Waals surface area contributed by atoms with Crippen LogP contribution in [0.5, 0.6) is 0 Å². The van der Waals surface area contributed by atoms with Gasteiger partial charge in [-0.1, -0.05) is 142 Å². The van der Waals surface area contributed by atoms with Gasteiger partial charge in [-0.15, -0.1) is 0 Å². The van der Waals surface area contributed by atoms with Gasteiger partial charge in [0.2, 0.25) is 11.8 Å². The molecule has 0 bridgehead atoms. The smallest absolute Gasteiger partial charge is 0.412 e. The zero-order valence-corrected chi connectivity index (χ0v) is 37.2. The van der Waals surface area contributed by atoms with E-state index >= 15 is 0 Å². The van der Waals surface area contributed by atoms with Crippen LogP contribution in [0, 0.1) is 0 Å². The molecule has 10 nitrogen and oxygen atoms in total. The Morgan fingerprint density at radius 3 is 1.68 bits per heavy atom. The number of rotatable bonds is 16. The first-order chi connectivity index (χ1) is 28.4. The molecule has 0 unspecified atom stereocenters. The van der Waals surface area contributed by atoms with Gasteiger partial charge in [-0.3, -0.25) is 19.7 Å². The monoisotopic (exact) mass is 828 g/mol. The first-order valence-corrected chi connectivity index (χ1v) is 23.5. The molecule has 0 aliphatic rings. The van der Waals surface area contributed by atoms with E-state index in [1.165, 1.54) is 10.6 Å². The Bertz CT molecular complexity index is 2140. The second-order valence-corrected chi connectivity index (χ2v) is 22.5. The second-order valence-electron chi connectivity index (χ2n) is 17.7. The Hall–Kier alpha value is -5.78. The highest BCUT2D eigenvalue weighted by atomic mass is 28.4. The van der Waals surface area contributed by atoms with Crippen molar-refractivity contribution in [2.75, 3.05) is 11.9 Å². The third-order valence-electron chi connectivity index (χ3n) is 11.0. The van der Waals surface area contributed by atoms with E-state index in [-0.39, 0.29) is 42.5 Å². The minimum absolute atomic E-state index is 0.0224. The van der Waals surface area contributed by atoms with Gasteiger partial charge in [-0.25, -0.2) is 4.79 Å². The predicted molar refractivity (Wildman–Crippen MR) is 241 cm³/mol. The molecule has 316 valence electrons. The average molecular weight is 829 g/mol. The minimum atomic E-state index is -2.31. The van der Waals surface area contributed by atoms with Gasteiger partial charge < -0.3 is 24.4 Å². The van der Waals surface area contributed by atoms with E-state index in [2.05, 4.69) is 49.8 Å². The van der Waals surface area contributed by atoms with E-state index in [1.807, 2.05) is 121 Å². The van der Waals surface area contributed by atoms with Crippen LogP contribution in [0.4, 0.5) is 10.5 Å². The predicted octanol–water partition coefficient (Wildman–Crippen LogP) is 9.37. The molecule has 2 atom stereocenters. The maximum atomic E-state index is 14.7. The first kappa shape index (κ1) is 45.3. The van der Waals surface area contributed by atoms with E-state index in [9.17, 15) is 19.2 Å². The lowest BCUT2D eigenvalue weighted by Gasteiger charge is -2.38. The molecule has 0 spiro atoms. The van der Waals surface area contributed by atoms with Crippen LogP contribution in [0.1, 0.15) is 82.7 Å². The van der Waals surface area contributed by atoms with Crippen molar-refractivity contribution in [3.05, 3.63) is 172 Å². The number of nitrogens with one attached hydrogen (secondary N) is 3. The molecule has 3 N–H and O–H groups in total. The van der Waals surface area contributed by atoms with Crippen LogP contribution in [-0.2, 0) is 30.7 Å². The fourth-order valence-corrected chi connectivity index (χ4v) is 7.85. The summed E-state index contributed by atoms with van der Waals surface area (Å²) in [4.78, 5) is 55.8.